The second-order valence-corrected chi connectivity index (χ2v) is 3.52. The van der Waals surface area contributed by atoms with Crippen LogP contribution in [0.15, 0.2) is 22.6 Å². The summed E-state index contributed by atoms with van der Waals surface area (Å²) in [6.45, 7) is 0. The molecule has 0 saturated heterocycles. The van der Waals surface area contributed by atoms with Crippen LogP contribution in [-0.4, -0.2) is 16.8 Å². The molecule has 1 N–H and O–H groups in total. The van der Waals surface area contributed by atoms with E-state index in [4.69, 9.17) is 27.6 Å². The van der Waals surface area contributed by atoms with Gasteiger partial charge in [0.2, 0.25) is 5.91 Å². The lowest BCUT2D eigenvalue weighted by Gasteiger charge is -1.93. The number of amides is 1. The maximum atomic E-state index is 11.0. The van der Waals surface area contributed by atoms with E-state index >= 15 is 0 Å². The van der Waals surface area contributed by atoms with Crippen LogP contribution in [0.4, 0.5) is 6.01 Å². The number of nitrogens with zero attached hydrogens (tertiary/aromatic N) is 1. The Morgan fingerprint density at radius 1 is 1.53 bits per heavy atom. The van der Waals surface area contributed by atoms with E-state index in [1.165, 1.54) is 0 Å². The number of carbonyl (C=O) groups is 1. The summed E-state index contributed by atoms with van der Waals surface area (Å²) in [6.07, 6.45) is 0. The number of fused-ring (bicyclic) bond motifs is 1. The number of nitrogens with one attached hydrogen (secondary N) is 1. The Balaban J connectivity index is 2.34. The highest BCUT2D eigenvalue weighted by Gasteiger charge is 2.08. The summed E-state index contributed by atoms with van der Waals surface area (Å²) in [7, 11) is 0. The number of alkyl halides is 1. The lowest BCUT2D eigenvalue weighted by atomic mass is 10.3. The van der Waals surface area contributed by atoms with Gasteiger partial charge < -0.3 is 4.42 Å². The summed E-state index contributed by atoms with van der Waals surface area (Å²) in [6, 6.07) is 5.14. The first-order valence-electron chi connectivity index (χ1n) is 4.11. The summed E-state index contributed by atoms with van der Waals surface area (Å²) >= 11 is 11.1. The van der Waals surface area contributed by atoms with E-state index in [0.717, 1.165) is 0 Å². The van der Waals surface area contributed by atoms with Crippen molar-refractivity contribution < 1.29 is 9.21 Å². The zero-order valence-electron chi connectivity index (χ0n) is 7.46. The van der Waals surface area contributed by atoms with E-state index in [1.54, 1.807) is 18.2 Å². The number of hydrogen-bond acceptors (Lipinski definition) is 3. The molecule has 2 aromatic rings. The van der Waals surface area contributed by atoms with Gasteiger partial charge in [-0.1, -0.05) is 11.6 Å². The molecule has 0 aliphatic rings. The van der Waals surface area contributed by atoms with Crippen LogP contribution in [0.25, 0.3) is 11.1 Å². The Labute approximate surface area is 95.2 Å². The minimum absolute atomic E-state index is 0.123. The molecular formula is C9H6Cl2N2O2. The van der Waals surface area contributed by atoms with E-state index in [9.17, 15) is 4.79 Å². The topological polar surface area (TPSA) is 55.1 Å². The van der Waals surface area contributed by atoms with Gasteiger partial charge in [0.05, 0.1) is 0 Å². The molecule has 78 valence electrons. The SMILES string of the molecule is O=C(CCl)Nc1nc2cc(Cl)ccc2o1. The summed E-state index contributed by atoms with van der Waals surface area (Å²) in [5.41, 5.74) is 1.15. The fourth-order valence-electron chi connectivity index (χ4n) is 1.11. The zero-order chi connectivity index (χ0) is 10.8. The molecule has 0 bridgehead atoms. The third kappa shape index (κ3) is 2.22. The number of hydrogen-bond donors (Lipinski definition) is 1. The van der Waals surface area contributed by atoms with Crippen molar-refractivity contribution in [2.45, 2.75) is 0 Å². The largest absolute Gasteiger partial charge is 0.423 e. The summed E-state index contributed by atoms with van der Waals surface area (Å²) in [5, 5.41) is 2.97. The molecule has 4 nitrogen and oxygen atoms in total. The Morgan fingerprint density at radius 3 is 3.07 bits per heavy atom. The molecule has 2 rings (SSSR count). The zero-order valence-corrected chi connectivity index (χ0v) is 8.97. The Hall–Kier alpha value is -1.26. The minimum atomic E-state index is -0.366. The minimum Gasteiger partial charge on any atom is -0.423 e. The molecule has 0 aliphatic carbocycles. The normalized spacial score (nSPS) is 10.5. The first-order chi connectivity index (χ1) is 7.19. The van der Waals surface area contributed by atoms with Gasteiger partial charge in [0.1, 0.15) is 11.4 Å². The van der Waals surface area contributed by atoms with Crippen LogP contribution in [0.2, 0.25) is 5.02 Å². The van der Waals surface area contributed by atoms with Gasteiger partial charge in [-0.3, -0.25) is 10.1 Å². The highest BCUT2D eigenvalue weighted by molar-refractivity contribution is 6.31. The highest BCUT2D eigenvalue weighted by atomic mass is 35.5. The second kappa shape index (κ2) is 4.08. The quantitative estimate of drug-likeness (QED) is 0.827. The lowest BCUT2D eigenvalue weighted by molar-refractivity contribution is -0.114. The lowest BCUT2D eigenvalue weighted by Crippen LogP contribution is -2.12. The smallest absolute Gasteiger partial charge is 0.302 e. The third-order valence-corrected chi connectivity index (χ3v) is 2.20. The van der Waals surface area contributed by atoms with Crippen LogP contribution in [0.3, 0.4) is 0 Å². The molecule has 0 spiro atoms. The molecule has 1 aromatic heterocycles. The molecule has 15 heavy (non-hydrogen) atoms. The predicted molar refractivity (Wildman–Crippen MR) is 58.4 cm³/mol. The second-order valence-electron chi connectivity index (χ2n) is 2.81. The van der Waals surface area contributed by atoms with Crippen LogP contribution in [-0.2, 0) is 4.79 Å². The van der Waals surface area contributed by atoms with Gasteiger partial charge in [-0.2, -0.15) is 4.98 Å². The molecule has 0 aliphatic heterocycles. The van der Waals surface area contributed by atoms with Crippen LogP contribution in [0.1, 0.15) is 0 Å². The van der Waals surface area contributed by atoms with Gasteiger partial charge in [-0.05, 0) is 18.2 Å². The van der Waals surface area contributed by atoms with Gasteiger partial charge >= 0.3 is 6.01 Å². The van der Waals surface area contributed by atoms with E-state index < -0.39 is 0 Å². The summed E-state index contributed by atoms with van der Waals surface area (Å²) in [5.74, 6) is -0.506. The number of aromatic nitrogens is 1. The van der Waals surface area contributed by atoms with Crippen molar-refractivity contribution >= 4 is 46.2 Å². The molecule has 0 saturated carbocycles. The average molecular weight is 245 g/mol. The standard InChI is InChI=1S/C9H6Cl2N2O2/c10-4-8(14)13-9-12-6-3-5(11)1-2-7(6)15-9/h1-3H,4H2,(H,12,13,14). The summed E-state index contributed by atoms with van der Waals surface area (Å²) in [4.78, 5) is 15.0. The average Bonchev–Trinajstić information content (AvgIpc) is 2.59. The van der Waals surface area contributed by atoms with Crippen molar-refractivity contribution in [3.05, 3.63) is 23.2 Å². The third-order valence-electron chi connectivity index (χ3n) is 1.72. The molecule has 0 fully saturated rings. The maximum Gasteiger partial charge on any atom is 0.302 e. The number of oxazole rings is 1. The van der Waals surface area contributed by atoms with E-state index in [0.29, 0.717) is 16.1 Å². The van der Waals surface area contributed by atoms with Crippen LogP contribution >= 0.6 is 23.2 Å². The Kier molecular flexibility index (Phi) is 2.79. The molecule has 0 atom stereocenters. The first kappa shape index (κ1) is 10.3. The summed E-state index contributed by atoms with van der Waals surface area (Å²) < 4.78 is 5.24. The number of halogens is 2. The number of benzene rings is 1. The van der Waals surface area contributed by atoms with Gasteiger partial charge in [0, 0.05) is 5.02 Å². The van der Waals surface area contributed by atoms with Gasteiger partial charge in [-0.15, -0.1) is 11.6 Å². The number of anilines is 1. The maximum absolute atomic E-state index is 11.0. The van der Waals surface area contributed by atoms with Crippen molar-refractivity contribution in [2.24, 2.45) is 0 Å². The molecule has 1 amide bonds. The van der Waals surface area contributed by atoms with Gasteiger partial charge in [-0.25, -0.2) is 0 Å². The van der Waals surface area contributed by atoms with E-state index in [-0.39, 0.29) is 17.8 Å². The Bertz CT molecular complexity index is 510. The van der Waals surface area contributed by atoms with Crippen molar-refractivity contribution in [3.63, 3.8) is 0 Å². The fraction of sp³-hybridized carbons (Fsp3) is 0.111. The predicted octanol–water partition coefficient (Wildman–Crippen LogP) is 2.66. The van der Waals surface area contributed by atoms with Gasteiger partial charge in [0.15, 0.2) is 5.58 Å². The van der Waals surface area contributed by atoms with E-state index in [1.807, 2.05) is 0 Å². The van der Waals surface area contributed by atoms with Crippen molar-refractivity contribution in [1.29, 1.82) is 0 Å². The van der Waals surface area contributed by atoms with Crippen molar-refractivity contribution in [2.75, 3.05) is 11.2 Å². The highest BCUT2D eigenvalue weighted by Crippen LogP contribution is 2.22. The molecule has 6 heteroatoms. The van der Waals surface area contributed by atoms with Crippen LogP contribution < -0.4 is 5.32 Å². The van der Waals surface area contributed by atoms with Crippen LogP contribution in [0, 0.1) is 0 Å². The molecular weight excluding hydrogens is 239 g/mol. The van der Waals surface area contributed by atoms with Gasteiger partial charge in [0.25, 0.3) is 0 Å². The first-order valence-corrected chi connectivity index (χ1v) is 5.02. The molecule has 0 radical (unpaired) electrons. The monoisotopic (exact) mass is 244 g/mol. The van der Waals surface area contributed by atoms with Crippen LogP contribution in [0.5, 0.6) is 0 Å². The molecule has 1 aromatic carbocycles. The Morgan fingerprint density at radius 2 is 2.33 bits per heavy atom. The number of carbonyl (C=O) groups excluding carboxylic acids is 1. The van der Waals surface area contributed by atoms with Crippen molar-refractivity contribution in [3.8, 4) is 0 Å². The van der Waals surface area contributed by atoms with E-state index in [2.05, 4.69) is 10.3 Å². The fourth-order valence-corrected chi connectivity index (χ4v) is 1.34. The number of rotatable bonds is 2. The molecule has 1 heterocycles. The van der Waals surface area contributed by atoms with Crippen molar-refractivity contribution in [1.82, 2.24) is 4.98 Å². The molecule has 0 unspecified atom stereocenters.